The van der Waals surface area contributed by atoms with E-state index in [1.54, 1.807) is 0 Å². The van der Waals surface area contributed by atoms with Gasteiger partial charge in [-0.1, -0.05) is 197 Å². The molecule has 0 aromatic rings. The first-order valence-electron chi connectivity index (χ1n) is 25.8. The summed E-state index contributed by atoms with van der Waals surface area (Å²) in [4.78, 5) is 25.3. The minimum Gasteiger partial charge on any atom is -0.462 e. The maximum atomic E-state index is 12.8. The molecule has 0 saturated heterocycles. The van der Waals surface area contributed by atoms with Gasteiger partial charge in [-0.05, 0) is 103 Å². The Kier molecular flexibility index (Phi) is 48.9. The summed E-state index contributed by atoms with van der Waals surface area (Å²) < 4.78 is 17.4. The van der Waals surface area contributed by atoms with Gasteiger partial charge in [0.1, 0.15) is 6.61 Å². The summed E-state index contributed by atoms with van der Waals surface area (Å²) in [5.41, 5.74) is 0. The summed E-state index contributed by atoms with van der Waals surface area (Å²) in [6.45, 7) is 7.73. The molecule has 60 heavy (non-hydrogen) atoms. The van der Waals surface area contributed by atoms with Gasteiger partial charge >= 0.3 is 11.9 Å². The zero-order chi connectivity index (χ0) is 43.5. The number of hydrogen-bond donors (Lipinski definition) is 0. The molecule has 0 aliphatic heterocycles. The lowest BCUT2D eigenvalue weighted by molar-refractivity contribution is -0.163. The van der Waals surface area contributed by atoms with E-state index < -0.39 is 6.10 Å². The van der Waals surface area contributed by atoms with Crippen molar-refractivity contribution in [3.63, 3.8) is 0 Å². The number of allylic oxidation sites excluding steroid dienone is 10. The second-order valence-electron chi connectivity index (χ2n) is 17.1. The lowest BCUT2D eigenvalue weighted by Crippen LogP contribution is -2.30. The van der Waals surface area contributed by atoms with Gasteiger partial charge in [0, 0.05) is 19.4 Å². The molecule has 0 aromatic heterocycles. The Bertz CT molecular complexity index is 1040. The molecule has 0 aliphatic carbocycles. The van der Waals surface area contributed by atoms with Crippen molar-refractivity contribution in [2.45, 2.75) is 258 Å². The molecule has 0 rings (SSSR count). The average molecular weight is 839 g/mol. The fourth-order valence-corrected chi connectivity index (χ4v) is 7.08. The molecule has 0 amide bonds. The highest BCUT2D eigenvalue weighted by Gasteiger charge is 2.17. The Balaban J connectivity index is 4.25. The fourth-order valence-electron chi connectivity index (χ4n) is 7.08. The second kappa shape index (κ2) is 51.0. The standard InChI is InChI=1S/C55H98O5/c1-4-7-10-13-16-19-22-24-26-27-28-29-30-31-34-36-39-42-45-48-54(56)59-52-53(60-55(57)49-46-43-40-37-33-21-18-15-12-9-6-3)51-58-50-47-44-41-38-35-32-25-23-20-17-14-11-8-5-2/h15-16,18-20,23-24,26,28-29,53H,4-14,17,21-22,25,27,30-52H2,1-3H3/b18-15-,19-16-,23-20-,26-24-,29-28-. The third-order valence-electron chi connectivity index (χ3n) is 11.0. The molecule has 1 unspecified atom stereocenters. The Morgan fingerprint density at radius 3 is 1.22 bits per heavy atom. The summed E-state index contributed by atoms with van der Waals surface area (Å²) in [7, 11) is 0. The highest BCUT2D eigenvalue weighted by atomic mass is 16.6. The van der Waals surface area contributed by atoms with Gasteiger partial charge in [0.15, 0.2) is 6.10 Å². The van der Waals surface area contributed by atoms with Crippen LogP contribution in [0.2, 0.25) is 0 Å². The van der Waals surface area contributed by atoms with Gasteiger partial charge in [-0.3, -0.25) is 9.59 Å². The molecule has 0 saturated carbocycles. The van der Waals surface area contributed by atoms with E-state index in [4.69, 9.17) is 14.2 Å². The molecule has 0 spiro atoms. The number of rotatable bonds is 47. The van der Waals surface area contributed by atoms with E-state index in [1.165, 1.54) is 141 Å². The van der Waals surface area contributed by atoms with Crippen molar-refractivity contribution >= 4 is 11.9 Å². The molecule has 0 bridgehead atoms. The van der Waals surface area contributed by atoms with Crippen LogP contribution < -0.4 is 0 Å². The van der Waals surface area contributed by atoms with Crippen LogP contribution in [0, 0.1) is 0 Å². The highest BCUT2D eigenvalue weighted by molar-refractivity contribution is 5.70. The quantitative estimate of drug-likeness (QED) is 0.0347. The van der Waals surface area contributed by atoms with E-state index in [0.717, 1.165) is 77.0 Å². The fraction of sp³-hybridized carbons (Fsp3) is 0.782. The van der Waals surface area contributed by atoms with Crippen LogP contribution in [0.15, 0.2) is 60.8 Å². The van der Waals surface area contributed by atoms with Crippen molar-refractivity contribution in [3.8, 4) is 0 Å². The number of unbranched alkanes of at least 4 members (excludes halogenated alkanes) is 26. The molecule has 0 N–H and O–H groups in total. The van der Waals surface area contributed by atoms with Gasteiger partial charge in [0.25, 0.3) is 0 Å². The molecular formula is C55H98O5. The van der Waals surface area contributed by atoms with Crippen molar-refractivity contribution in [2.75, 3.05) is 19.8 Å². The third kappa shape index (κ3) is 48.3. The predicted octanol–water partition coefficient (Wildman–Crippen LogP) is 17.3. The largest absolute Gasteiger partial charge is 0.462 e. The summed E-state index contributed by atoms with van der Waals surface area (Å²) >= 11 is 0. The smallest absolute Gasteiger partial charge is 0.306 e. The van der Waals surface area contributed by atoms with E-state index in [9.17, 15) is 9.59 Å². The first-order valence-corrected chi connectivity index (χ1v) is 25.8. The molecule has 5 nitrogen and oxygen atoms in total. The molecule has 0 aromatic carbocycles. The van der Waals surface area contributed by atoms with E-state index >= 15 is 0 Å². The zero-order valence-electron chi connectivity index (χ0n) is 40.0. The second-order valence-corrected chi connectivity index (χ2v) is 17.1. The van der Waals surface area contributed by atoms with Crippen molar-refractivity contribution in [1.82, 2.24) is 0 Å². The van der Waals surface area contributed by atoms with Crippen LogP contribution in [-0.4, -0.2) is 37.9 Å². The number of carbonyl (C=O) groups excluding carboxylic acids is 2. The normalized spacial score (nSPS) is 12.7. The molecule has 0 aliphatic rings. The molecule has 1 atom stereocenters. The minimum atomic E-state index is -0.548. The monoisotopic (exact) mass is 839 g/mol. The Morgan fingerprint density at radius 1 is 0.367 bits per heavy atom. The van der Waals surface area contributed by atoms with Crippen molar-refractivity contribution in [2.24, 2.45) is 0 Å². The summed E-state index contributed by atoms with van der Waals surface area (Å²) in [6, 6.07) is 0. The van der Waals surface area contributed by atoms with Gasteiger partial charge in [0.05, 0.1) is 6.61 Å². The van der Waals surface area contributed by atoms with Crippen LogP contribution in [0.5, 0.6) is 0 Å². The Morgan fingerprint density at radius 2 is 0.717 bits per heavy atom. The number of carbonyl (C=O) groups is 2. The van der Waals surface area contributed by atoms with E-state index in [0.29, 0.717) is 19.4 Å². The highest BCUT2D eigenvalue weighted by Crippen LogP contribution is 2.13. The van der Waals surface area contributed by atoms with Crippen LogP contribution >= 0.6 is 0 Å². The Labute approximate surface area is 373 Å². The molecule has 0 heterocycles. The summed E-state index contributed by atoms with van der Waals surface area (Å²) in [5, 5.41) is 0. The first kappa shape index (κ1) is 57.6. The molecule has 0 radical (unpaired) electrons. The van der Waals surface area contributed by atoms with Crippen LogP contribution in [0.3, 0.4) is 0 Å². The predicted molar refractivity (Wildman–Crippen MR) is 261 cm³/mol. The maximum absolute atomic E-state index is 12.8. The molecule has 5 heteroatoms. The maximum Gasteiger partial charge on any atom is 0.306 e. The van der Waals surface area contributed by atoms with Crippen LogP contribution in [0.4, 0.5) is 0 Å². The van der Waals surface area contributed by atoms with Crippen molar-refractivity contribution in [1.29, 1.82) is 0 Å². The van der Waals surface area contributed by atoms with Crippen molar-refractivity contribution in [3.05, 3.63) is 60.8 Å². The van der Waals surface area contributed by atoms with E-state index in [2.05, 4.69) is 81.5 Å². The lowest BCUT2D eigenvalue weighted by Gasteiger charge is -2.18. The average Bonchev–Trinajstić information content (AvgIpc) is 3.25. The number of hydrogen-bond acceptors (Lipinski definition) is 5. The minimum absolute atomic E-state index is 0.0724. The molecular weight excluding hydrogens is 741 g/mol. The van der Waals surface area contributed by atoms with Gasteiger partial charge in [-0.2, -0.15) is 0 Å². The lowest BCUT2D eigenvalue weighted by atomic mass is 10.1. The zero-order valence-corrected chi connectivity index (χ0v) is 40.0. The van der Waals surface area contributed by atoms with E-state index in [-0.39, 0.29) is 25.2 Å². The summed E-state index contributed by atoms with van der Waals surface area (Å²) in [5.74, 6) is -0.422. The van der Waals surface area contributed by atoms with Gasteiger partial charge in [0.2, 0.25) is 0 Å². The Hall–Kier alpha value is -2.40. The first-order chi connectivity index (χ1) is 29.6. The molecule has 0 fully saturated rings. The number of esters is 2. The number of ether oxygens (including phenoxy) is 3. The van der Waals surface area contributed by atoms with Crippen LogP contribution in [-0.2, 0) is 23.8 Å². The van der Waals surface area contributed by atoms with Gasteiger partial charge < -0.3 is 14.2 Å². The third-order valence-corrected chi connectivity index (χ3v) is 11.0. The van der Waals surface area contributed by atoms with Crippen LogP contribution in [0.1, 0.15) is 252 Å². The van der Waals surface area contributed by atoms with Crippen LogP contribution in [0.25, 0.3) is 0 Å². The SMILES string of the molecule is CCCC/C=C\CCCCCCCC(=O)OC(COCCCCCCCC/C=C\CCCCCC)COC(=O)CCCCCCCC/C=C\C/C=C\C/C=C\CCCCC. The summed E-state index contributed by atoms with van der Waals surface area (Å²) in [6.07, 6.45) is 63.6. The van der Waals surface area contributed by atoms with E-state index in [1.807, 2.05) is 0 Å². The van der Waals surface area contributed by atoms with Gasteiger partial charge in [-0.25, -0.2) is 0 Å². The van der Waals surface area contributed by atoms with Crippen molar-refractivity contribution < 1.29 is 23.8 Å². The van der Waals surface area contributed by atoms with Gasteiger partial charge in [-0.15, -0.1) is 0 Å². The topological polar surface area (TPSA) is 61.8 Å². The molecule has 348 valence electrons.